The van der Waals surface area contributed by atoms with E-state index in [4.69, 9.17) is 11.6 Å². The van der Waals surface area contributed by atoms with Gasteiger partial charge in [0.2, 0.25) is 17.7 Å². The second-order valence-corrected chi connectivity index (χ2v) is 9.44. The second kappa shape index (κ2) is 6.61. The highest BCUT2D eigenvalue weighted by atomic mass is 35.5. The van der Waals surface area contributed by atoms with Crippen LogP contribution in [0, 0.1) is 28.9 Å². The molecule has 2 aromatic carbocycles. The standard InChI is InChI=1S/C23H19ClN4O5/c1-11-15(4-2-5-16(11)28(32)33)27-20(29)18-17-6-3-9-26(17)23(19(18)21(27)30)13-10-12(24)7-8-14(13)25-22(23)31/h2,4-5,7-8,10,17-19H,3,6,9H2,1H3,(H,25,31)/t17-,18+,19-,23+/m0/s1. The van der Waals surface area contributed by atoms with Crippen LogP contribution in [0.1, 0.15) is 24.0 Å². The Bertz CT molecular complexity index is 1300. The van der Waals surface area contributed by atoms with Crippen molar-refractivity contribution in [2.45, 2.75) is 31.3 Å². The summed E-state index contributed by atoms with van der Waals surface area (Å²) in [6.45, 7) is 2.12. The molecule has 2 aromatic rings. The zero-order valence-electron chi connectivity index (χ0n) is 17.6. The molecule has 10 heteroatoms. The minimum absolute atomic E-state index is 0.168. The van der Waals surface area contributed by atoms with Crippen LogP contribution in [0.25, 0.3) is 0 Å². The lowest BCUT2D eigenvalue weighted by atomic mass is 9.75. The number of rotatable bonds is 2. The summed E-state index contributed by atoms with van der Waals surface area (Å²) < 4.78 is 0. The molecule has 4 aliphatic heterocycles. The SMILES string of the molecule is Cc1c(N2C(=O)[C@H]3[C@@H](C2=O)[C@]2(C(=O)Nc4ccc(Cl)cc42)N2CCC[C@@H]32)cccc1[N+](=O)[O-]. The summed E-state index contributed by atoms with van der Waals surface area (Å²) in [5, 5.41) is 14.8. The summed E-state index contributed by atoms with van der Waals surface area (Å²) in [6.07, 6.45) is 1.49. The zero-order chi connectivity index (χ0) is 23.2. The van der Waals surface area contributed by atoms with E-state index in [0.717, 1.165) is 11.3 Å². The van der Waals surface area contributed by atoms with Crippen LogP contribution < -0.4 is 10.2 Å². The molecule has 0 radical (unpaired) electrons. The van der Waals surface area contributed by atoms with E-state index in [0.29, 0.717) is 29.2 Å². The van der Waals surface area contributed by atoms with Crippen molar-refractivity contribution in [2.75, 3.05) is 16.8 Å². The van der Waals surface area contributed by atoms with Crippen LogP contribution >= 0.6 is 11.6 Å². The van der Waals surface area contributed by atoms with E-state index in [9.17, 15) is 24.5 Å². The molecule has 6 rings (SSSR count). The number of nitrogens with one attached hydrogen (secondary N) is 1. The van der Waals surface area contributed by atoms with Gasteiger partial charge in [0.15, 0.2) is 0 Å². The molecule has 0 unspecified atom stereocenters. The molecule has 9 nitrogen and oxygen atoms in total. The number of anilines is 2. The predicted molar refractivity (Wildman–Crippen MR) is 119 cm³/mol. The van der Waals surface area contributed by atoms with Gasteiger partial charge in [0.05, 0.1) is 28.0 Å². The van der Waals surface area contributed by atoms with Crippen LogP contribution in [0.4, 0.5) is 17.1 Å². The van der Waals surface area contributed by atoms with Crippen LogP contribution in [-0.4, -0.2) is 40.1 Å². The summed E-state index contributed by atoms with van der Waals surface area (Å²) >= 11 is 6.29. The molecule has 3 amide bonds. The van der Waals surface area contributed by atoms with Gasteiger partial charge >= 0.3 is 0 Å². The van der Waals surface area contributed by atoms with Crippen LogP contribution in [0.5, 0.6) is 0 Å². The number of nitro groups is 1. The molecule has 0 bridgehead atoms. The predicted octanol–water partition coefficient (Wildman–Crippen LogP) is 2.99. The molecule has 4 atom stereocenters. The highest BCUT2D eigenvalue weighted by Crippen LogP contribution is 2.61. The average molecular weight is 467 g/mol. The third-order valence-electron chi connectivity index (χ3n) is 7.67. The number of fused-ring (bicyclic) bond motifs is 7. The van der Waals surface area contributed by atoms with E-state index in [1.807, 2.05) is 4.90 Å². The third kappa shape index (κ3) is 2.33. The minimum atomic E-state index is -1.33. The second-order valence-electron chi connectivity index (χ2n) is 9.01. The van der Waals surface area contributed by atoms with Gasteiger partial charge in [-0.3, -0.25) is 29.4 Å². The number of hydrogen-bond donors (Lipinski definition) is 1. The molecule has 3 saturated heterocycles. The largest absolute Gasteiger partial charge is 0.324 e. The Labute approximate surface area is 193 Å². The van der Waals surface area contributed by atoms with Crippen molar-refractivity contribution in [3.8, 4) is 0 Å². The topological polar surface area (TPSA) is 113 Å². The summed E-state index contributed by atoms with van der Waals surface area (Å²) in [5.41, 5.74) is 0.123. The van der Waals surface area contributed by atoms with Crippen molar-refractivity contribution in [1.29, 1.82) is 0 Å². The molecule has 168 valence electrons. The first-order valence-electron chi connectivity index (χ1n) is 10.8. The maximum atomic E-state index is 14.0. The normalized spacial score (nSPS) is 30.1. The molecule has 33 heavy (non-hydrogen) atoms. The number of benzene rings is 2. The Balaban J connectivity index is 1.56. The lowest BCUT2D eigenvalue weighted by Crippen LogP contribution is -2.54. The minimum Gasteiger partial charge on any atom is -0.324 e. The highest BCUT2D eigenvalue weighted by molar-refractivity contribution is 6.31. The Morgan fingerprint density at radius 1 is 1.18 bits per heavy atom. The van der Waals surface area contributed by atoms with Crippen molar-refractivity contribution in [3.05, 3.63) is 62.7 Å². The number of nitrogens with zero attached hydrogens (tertiary/aromatic N) is 3. The van der Waals surface area contributed by atoms with Crippen molar-refractivity contribution in [1.82, 2.24) is 4.90 Å². The first kappa shape index (κ1) is 20.3. The first-order chi connectivity index (χ1) is 15.8. The van der Waals surface area contributed by atoms with E-state index in [1.54, 1.807) is 18.2 Å². The number of halogens is 1. The maximum Gasteiger partial charge on any atom is 0.274 e. The fraction of sp³-hybridized carbons (Fsp3) is 0.348. The molecule has 3 fully saturated rings. The Kier molecular flexibility index (Phi) is 4.07. The monoisotopic (exact) mass is 466 g/mol. The Morgan fingerprint density at radius 2 is 1.97 bits per heavy atom. The van der Waals surface area contributed by atoms with Gasteiger partial charge in [0, 0.05) is 28.4 Å². The Hall–Kier alpha value is -3.30. The van der Waals surface area contributed by atoms with Gasteiger partial charge in [-0.1, -0.05) is 17.7 Å². The number of imide groups is 1. The van der Waals surface area contributed by atoms with Gasteiger partial charge in [0.1, 0.15) is 5.54 Å². The van der Waals surface area contributed by atoms with Crippen molar-refractivity contribution < 1.29 is 19.3 Å². The van der Waals surface area contributed by atoms with E-state index in [-0.39, 0.29) is 28.9 Å². The van der Waals surface area contributed by atoms with E-state index in [2.05, 4.69) is 5.32 Å². The molecule has 1 N–H and O–H groups in total. The molecular weight excluding hydrogens is 448 g/mol. The van der Waals surface area contributed by atoms with Crippen molar-refractivity contribution in [3.63, 3.8) is 0 Å². The van der Waals surface area contributed by atoms with Gasteiger partial charge in [-0.25, -0.2) is 4.90 Å². The van der Waals surface area contributed by atoms with Crippen LogP contribution in [-0.2, 0) is 19.9 Å². The number of hydrogen-bond acceptors (Lipinski definition) is 6. The van der Waals surface area contributed by atoms with Crippen molar-refractivity contribution >= 4 is 46.4 Å². The number of carbonyl (C=O) groups excluding carboxylic acids is 3. The van der Waals surface area contributed by atoms with Crippen LogP contribution in [0.3, 0.4) is 0 Å². The fourth-order valence-electron chi connectivity index (χ4n) is 6.46. The van der Waals surface area contributed by atoms with Crippen LogP contribution in [0.15, 0.2) is 36.4 Å². The number of carbonyl (C=O) groups is 3. The molecule has 0 saturated carbocycles. The summed E-state index contributed by atoms with van der Waals surface area (Å²) in [4.78, 5) is 55.3. The lowest BCUT2D eigenvalue weighted by Gasteiger charge is -2.36. The molecule has 4 aliphatic rings. The number of amides is 3. The molecule has 0 aliphatic carbocycles. The van der Waals surface area contributed by atoms with Gasteiger partial charge in [0.25, 0.3) is 5.69 Å². The maximum absolute atomic E-state index is 14.0. The summed E-state index contributed by atoms with van der Waals surface area (Å²) in [5.74, 6) is -2.91. The van der Waals surface area contributed by atoms with E-state index < -0.39 is 34.1 Å². The molecule has 0 aromatic heterocycles. The fourth-order valence-corrected chi connectivity index (χ4v) is 6.64. The molecular formula is C23H19ClN4O5. The highest BCUT2D eigenvalue weighted by Gasteiger charge is 2.74. The first-order valence-corrected chi connectivity index (χ1v) is 11.2. The van der Waals surface area contributed by atoms with Gasteiger partial charge in [-0.05, 0) is 50.6 Å². The van der Waals surface area contributed by atoms with Crippen LogP contribution in [0.2, 0.25) is 5.02 Å². The van der Waals surface area contributed by atoms with Gasteiger partial charge < -0.3 is 5.32 Å². The Morgan fingerprint density at radius 3 is 2.73 bits per heavy atom. The zero-order valence-corrected chi connectivity index (χ0v) is 18.3. The number of nitro benzene ring substituents is 1. The average Bonchev–Trinajstić information content (AvgIpc) is 3.47. The lowest BCUT2D eigenvalue weighted by molar-refractivity contribution is -0.385. The van der Waals surface area contributed by atoms with Gasteiger partial charge in [-0.15, -0.1) is 0 Å². The van der Waals surface area contributed by atoms with E-state index >= 15 is 0 Å². The molecule has 4 heterocycles. The van der Waals surface area contributed by atoms with Crippen molar-refractivity contribution in [2.24, 2.45) is 11.8 Å². The quantitative estimate of drug-likeness (QED) is 0.413. The van der Waals surface area contributed by atoms with Gasteiger partial charge in [-0.2, -0.15) is 0 Å². The summed E-state index contributed by atoms with van der Waals surface area (Å²) in [7, 11) is 0. The third-order valence-corrected chi connectivity index (χ3v) is 7.90. The van der Waals surface area contributed by atoms with E-state index in [1.165, 1.54) is 25.1 Å². The molecule has 1 spiro atoms. The summed E-state index contributed by atoms with van der Waals surface area (Å²) in [6, 6.07) is 9.16. The smallest absolute Gasteiger partial charge is 0.274 e.